The molecule has 2 nitrogen and oxygen atoms in total. The van der Waals surface area contributed by atoms with Crippen LogP contribution in [0.15, 0.2) is 6.20 Å². The maximum Gasteiger partial charge on any atom is 0.123 e. The summed E-state index contributed by atoms with van der Waals surface area (Å²) in [6.45, 7) is 2.28. The number of thiazole rings is 1. The van der Waals surface area contributed by atoms with Crippen molar-refractivity contribution >= 4 is 22.9 Å². The van der Waals surface area contributed by atoms with Gasteiger partial charge in [-0.1, -0.05) is 31.4 Å². The maximum absolute atomic E-state index is 10.1. The van der Waals surface area contributed by atoms with Crippen LogP contribution in [0.5, 0.6) is 0 Å². The first-order valence-electron chi connectivity index (χ1n) is 5.46. The van der Waals surface area contributed by atoms with Gasteiger partial charge in [-0.15, -0.1) is 11.3 Å². The van der Waals surface area contributed by atoms with E-state index in [0.29, 0.717) is 10.3 Å². The molecule has 0 aliphatic heterocycles. The Hall–Kier alpha value is -0.120. The number of halogens is 1. The second-order valence-corrected chi connectivity index (χ2v) is 6.16. The number of nitrogens with zero attached hydrogens (tertiary/aromatic N) is 1. The molecule has 0 spiro atoms. The van der Waals surface area contributed by atoms with Crippen LogP contribution < -0.4 is 0 Å². The van der Waals surface area contributed by atoms with E-state index in [2.05, 4.69) is 11.9 Å². The third kappa shape index (κ3) is 2.71. The fourth-order valence-corrected chi connectivity index (χ4v) is 3.22. The molecule has 2 rings (SSSR count). The number of rotatable bonds is 2. The van der Waals surface area contributed by atoms with Crippen molar-refractivity contribution < 1.29 is 5.11 Å². The summed E-state index contributed by atoms with van der Waals surface area (Å²) >= 11 is 7.21. The fourth-order valence-electron chi connectivity index (χ4n) is 2.21. The topological polar surface area (TPSA) is 33.1 Å². The summed E-state index contributed by atoms with van der Waals surface area (Å²) in [5.74, 6) is 1.19. The van der Waals surface area contributed by atoms with Gasteiger partial charge in [-0.05, 0) is 24.7 Å². The standard InChI is InChI=1S/C11H16ClNOS/c1-7-2-4-8(5-3-7)10(14)11-13-6-9(12)15-11/h6-8,10,14H,2-5H2,1H3. The third-order valence-electron chi connectivity index (χ3n) is 3.26. The predicted octanol–water partition coefficient (Wildman–Crippen LogP) is 3.66. The Balaban J connectivity index is 1.99. The van der Waals surface area contributed by atoms with Crippen molar-refractivity contribution in [1.82, 2.24) is 4.98 Å². The largest absolute Gasteiger partial charge is 0.386 e. The minimum Gasteiger partial charge on any atom is -0.386 e. The van der Waals surface area contributed by atoms with Crippen LogP contribution >= 0.6 is 22.9 Å². The summed E-state index contributed by atoms with van der Waals surface area (Å²) in [4.78, 5) is 4.15. The Labute approximate surface area is 99.3 Å². The molecule has 1 aromatic rings. The quantitative estimate of drug-likeness (QED) is 0.863. The van der Waals surface area contributed by atoms with Crippen LogP contribution in [0.2, 0.25) is 4.34 Å². The summed E-state index contributed by atoms with van der Waals surface area (Å²) in [6.07, 6.45) is 5.88. The summed E-state index contributed by atoms with van der Waals surface area (Å²) < 4.78 is 0.660. The minimum atomic E-state index is -0.407. The van der Waals surface area contributed by atoms with Gasteiger partial charge in [0.15, 0.2) is 0 Å². The molecule has 0 bridgehead atoms. The van der Waals surface area contributed by atoms with Crippen LogP contribution in [-0.4, -0.2) is 10.1 Å². The van der Waals surface area contributed by atoms with Gasteiger partial charge in [0.05, 0.1) is 6.20 Å². The predicted molar refractivity (Wildman–Crippen MR) is 63.2 cm³/mol. The zero-order chi connectivity index (χ0) is 10.8. The third-order valence-corrected chi connectivity index (χ3v) is 4.44. The van der Waals surface area contributed by atoms with Crippen LogP contribution in [-0.2, 0) is 0 Å². The number of hydrogen-bond donors (Lipinski definition) is 1. The van der Waals surface area contributed by atoms with E-state index < -0.39 is 6.10 Å². The van der Waals surface area contributed by atoms with Crippen molar-refractivity contribution in [3.05, 3.63) is 15.5 Å². The SMILES string of the molecule is CC1CCC(C(O)c2ncc(Cl)s2)CC1. The molecule has 0 saturated heterocycles. The molecule has 0 radical (unpaired) electrons. The minimum absolute atomic E-state index is 0.378. The van der Waals surface area contributed by atoms with Gasteiger partial charge in [-0.25, -0.2) is 4.98 Å². The zero-order valence-electron chi connectivity index (χ0n) is 8.82. The van der Waals surface area contributed by atoms with Gasteiger partial charge in [0.2, 0.25) is 0 Å². The van der Waals surface area contributed by atoms with E-state index in [0.717, 1.165) is 23.8 Å². The Morgan fingerprint density at radius 3 is 2.67 bits per heavy atom. The highest BCUT2D eigenvalue weighted by molar-refractivity contribution is 7.15. The van der Waals surface area contributed by atoms with E-state index in [-0.39, 0.29) is 0 Å². The molecule has 1 aliphatic rings. The smallest absolute Gasteiger partial charge is 0.123 e. The van der Waals surface area contributed by atoms with Gasteiger partial charge in [0.25, 0.3) is 0 Å². The normalized spacial score (nSPS) is 29.0. The molecular weight excluding hydrogens is 230 g/mol. The van der Waals surface area contributed by atoms with Gasteiger partial charge in [-0.2, -0.15) is 0 Å². The van der Waals surface area contributed by atoms with Gasteiger partial charge < -0.3 is 5.11 Å². The molecule has 1 aromatic heterocycles. The number of hydrogen-bond acceptors (Lipinski definition) is 3. The molecular formula is C11H16ClNOS. The molecule has 4 heteroatoms. The number of aliphatic hydroxyl groups excluding tert-OH is 1. The first-order chi connectivity index (χ1) is 7.16. The van der Waals surface area contributed by atoms with E-state index in [4.69, 9.17) is 11.6 Å². The first kappa shape index (κ1) is 11.4. The molecule has 1 atom stereocenters. The van der Waals surface area contributed by atoms with Crippen LogP contribution in [0, 0.1) is 11.8 Å². The lowest BCUT2D eigenvalue weighted by molar-refractivity contribution is 0.0753. The average Bonchev–Trinajstić information content (AvgIpc) is 2.65. The Kier molecular flexibility index (Phi) is 3.65. The molecule has 15 heavy (non-hydrogen) atoms. The van der Waals surface area contributed by atoms with Crippen molar-refractivity contribution in [1.29, 1.82) is 0 Å². The highest BCUT2D eigenvalue weighted by atomic mass is 35.5. The molecule has 84 valence electrons. The summed E-state index contributed by atoms with van der Waals surface area (Å²) in [5.41, 5.74) is 0. The van der Waals surface area contributed by atoms with Crippen LogP contribution in [0.25, 0.3) is 0 Å². The van der Waals surface area contributed by atoms with Crippen LogP contribution in [0.1, 0.15) is 43.7 Å². The molecule has 1 saturated carbocycles. The molecule has 0 amide bonds. The highest BCUT2D eigenvalue weighted by Gasteiger charge is 2.27. The van der Waals surface area contributed by atoms with E-state index in [9.17, 15) is 5.11 Å². The van der Waals surface area contributed by atoms with Crippen molar-refractivity contribution in [2.24, 2.45) is 11.8 Å². The molecule has 0 aromatic carbocycles. The fraction of sp³-hybridized carbons (Fsp3) is 0.727. The monoisotopic (exact) mass is 245 g/mol. The van der Waals surface area contributed by atoms with Crippen molar-refractivity contribution in [2.45, 2.75) is 38.7 Å². The summed E-state index contributed by atoms with van der Waals surface area (Å²) in [6, 6.07) is 0. The lowest BCUT2D eigenvalue weighted by Crippen LogP contribution is -2.19. The van der Waals surface area contributed by atoms with E-state index in [1.165, 1.54) is 24.2 Å². The molecule has 1 heterocycles. The molecule has 1 N–H and O–H groups in total. The Morgan fingerprint density at radius 1 is 1.47 bits per heavy atom. The van der Waals surface area contributed by atoms with Crippen molar-refractivity contribution in [2.75, 3.05) is 0 Å². The van der Waals surface area contributed by atoms with E-state index in [1.54, 1.807) is 6.20 Å². The van der Waals surface area contributed by atoms with Crippen molar-refractivity contribution in [3.8, 4) is 0 Å². The second-order valence-electron chi connectivity index (χ2n) is 4.47. The van der Waals surface area contributed by atoms with Crippen LogP contribution in [0.3, 0.4) is 0 Å². The summed E-state index contributed by atoms with van der Waals surface area (Å²) in [7, 11) is 0. The molecule has 1 unspecified atom stereocenters. The lowest BCUT2D eigenvalue weighted by Gasteiger charge is -2.28. The summed E-state index contributed by atoms with van der Waals surface area (Å²) in [5, 5.41) is 10.9. The highest BCUT2D eigenvalue weighted by Crippen LogP contribution is 2.38. The van der Waals surface area contributed by atoms with E-state index >= 15 is 0 Å². The van der Waals surface area contributed by atoms with Gasteiger partial charge in [0.1, 0.15) is 15.4 Å². The van der Waals surface area contributed by atoms with Gasteiger partial charge in [0, 0.05) is 0 Å². The number of aliphatic hydroxyl groups is 1. The Morgan fingerprint density at radius 2 is 2.13 bits per heavy atom. The van der Waals surface area contributed by atoms with Crippen LogP contribution in [0.4, 0.5) is 0 Å². The van der Waals surface area contributed by atoms with Crippen molar-refractivity contribution in [3.63, 3.8) is 0 Å². The Bertz CT molecular complexity index is 320. The van der Waals surface area contributed by atoms with E-state index in [1.807, 2.05) is 0 Å². The first-order valence-corrected chi connectivity index (χ1v) is 6.65. The maximum atomic E-state index is 10.1. The average molecular weight is 246 g/mol. The molecule has 1 fully saturated rings. The zero-order valence-corrected chi connectivity index (χ0v) is 10.4. The second kappa shape index (κ2) is 4.81. The number of aromatic nitrogens is 1. The van der Waals surface area contributed by atoms with Gasteiger partial charge in [-0.3, -0.25) is 0 Å². The lowest BCUT2D eigenvalue weighted by atomic mass is 9.80. The molecule has 1 aliphatic carbocycles. The van der Waals surface area contributed by atoms with Gasteiger partial charge >= 0.3 is 0 Å².